The molecule has 4 nitrogen and oxygen atoms in total. The number of ether oxygens (including phenoxy) is 2. The molecular formula is C18H20ClNO3. The first-order valence-corrected chi connectivity index (χ1v) is 7.78. The Bertz CT molecular complexity index is 628. The van der Waals surface area contributed by atoms with Crippen molar-refractivity contribution < 1.29 is 14.3 Å². The largest absolute Gasteiger partial charge is 0.482 e. The number of rotatable bonds is 6. The number of hydrogen-bond donors (Lipinski definition) is 1. The lowest BCUT2D eigenvalue weighted by Crippen LogP contribution is -2.34. The van der Waals surface area contributed by atoms with Crippen molar-refractivity contribution in [2.45, 2.75) is 32.1 Å². The van der Waals surface area contributed by atoms with Gasteiger partial charge < -0.3 is 15.2 Å². The second-order valence-corrected chi connectivity index (χ2v) is 5.77. The first-order chi connectivity index (χ1) is 11.0. The van der Waals surface area contributed by atoms with Crippen LogP contribution < -0.4 is 10.5 Å². The van der Waals surface area contributed by atoms with E-state index in [-0.39, 0.29) is 0 Å². The highest BCUT2D eigenvalue weighted by atomic mass is 35.5. The highest BCUT2D eigenvalue weighted by Crippen LogP contribution is 2.27. The second-order valence-electron chi connectivity index (χ2n) is 5.33. The first kappa shape index (κ1) is 17.3. The van der Waals surface area contributed by atoms with Crippen LogP contribution in [0.2, 0.25) is 5.02 Å². The van der Waals surface area contributed by atoms with Crippen LogP contribution in [-0.2, 0) is 9.53 Å². The molecule has 0 bridgehead atoms. The molecule has 0 radical (unpaired) electrons. The van der Waals surface area contributed by atoms with Gasteiger partial charge in [0.15, 0.2) is 6.10 Å². The average molecular weight is 334 g/mol. The summed E-state index contributed by atoms with van der Waals surface area (Å²) in [4.78, 5) is 11.8. The Hall–Kier alpha value is -2.04. The summed E-state index contributed by atoms with van der Waals surface area (Å²) in [6, 6.07) is 16.0. The minimum Gasteiger partial charge on any atom is -0.482 e. The van der Waals surface area contributed by atoms with Gasteiger partial charge in [-0.1, -0.05) is 41.9 Å². The van der Waals surface area contributed by atoms with E-state index in [1.807, 2.05) is 30.3 Å². The summed E-state index contributed by atoms with van der Waals surface area (Å²) >= 11 is 5.89. The summed E-state index contributed by atoms with van der Waals surface area (Å²) in [6.07, 6.45) is -0.938. The first-order valence-electron chi connectivity index (χ1n) is 7.40. The number of benzene rings is 2. The van der Waals surface area contributed by atoms with Crippen LogP contribution in [0.15, 0.2) is 54.6 Å². The van der Waals surface area contributed by atoms with Crippen molar-refractivity contribution in [2.24, 2.45) is 5.73 Å². The van der Waals surface area contributed by atoms with Crippen LogP contribution in [0.3, 0.4) is 0 Å². The predicted molar refractivity (Wildman–Crippen MR) is 90.5 cm³/mol. The van der Waals surface area contributed by atoms with Crippen LogP contribution in [0.4, 0.5) is 0 Å². The number of hydrogen-bond acceptors (Lipinski definition) is 4. The minimum absolute atomic E-state index is 0.444. The number of esters is 1. The smallest absolute Gasteiger partial charge is 0.323 e. The van der Waals surface area contributed by atoms with Gasteiger partial charge in [-0.2, -0.15) is 0 Å². The van der Waals surface area contributed by atoms with Crippen LogP contribution in [-0.4, -0.2) is 18.1 Å². The highest BCUT2D eigenvalue weighted by molar-refractivity contribution is 6.30. The van der Waals surface area contributed by atoms with Gasteiger partial charge in [-0.25, -0.2) is 0 Å². The van der Waals surface area contributed by atoms with Gasteiger partial charge >= 0.3 is 5.97 Å². The maximum absolute atomic E-state index is 11.8. The van der Waals surface area contributed by atoms with Crippen molar-refractivity contribution in [3.05, 3.63) is 65.2 Å². The summed E-state index contributed by atoms with van der Waals surface area (Å²) in [5, 5.41) is 0.630. The summed E-state index contributed by atoms with van der Waals surface area (Å²) in [5.41, 5.74) is 6.47. The summed E-state index contributed by atoms with van der Waals surface area (Å²) in [6.45, 7) is 3.38. The van der Waals surface area contributed by atoms with Gasteiger partial charge in [-0.3, -0.25) is 4.79 Å². The molecule has 3 atom stereocenters. The van der Waals surface area contributed by atoms with Crippen LogP contribution in [0, 0.1) is 0 Å². The fourth-order valence-electron chi connectivity index (χ4n) is 2.09. The lowest BCUT2D eigenvalue weighted by atomic mass is 10.0. The fourth-order valence-corrected chi connectivity index (χ4v) is 2.22. The number of carbonyl (C=O) groups is 1. The molecule has 0 unspecified atom stereocenters. The van der Waals surface area contributed by atoms with E-state index in [9.17, 15) is 4.79 Å². The summed E-state index contributed by atoms with van der Waals surface area (Å²) in [5.74, 6) is 0.185. The van der Waals surface area contributed by atoms with Gasteiger partial charge in [0.25, 0.3) is 0 Å². The van der Waals surface area contributed by atoms with Gasteiger partial charge in [0.2, 0.25) is 0 Å². The lowest BCUT2D eigenvalue weighted by Gasteiger charge is -2.26. The normalized spacial score (nSPS) is 14.6. The van der Waals surface area contributed by atoms with E-state index in [2.05, 4.69) is 0 Å². The molecular weight excluding hydrogens is 314 g/mol. The van der Waals surface area contributed by atoms with Gasteiger partial charge in [0.05, 0.1) is 0 Å². The second kappa shape index (κ2) is 7.99. The molecule has 0 spiro atoms. The van der Waals surface area contributed by atoms with Crippen molar-refractivity contribution >= 4 is 17.6 Å². The van der Waals surface area contributed by atoms with Crippen molar-refractivity contribution in [1.29, 1.82) is 0 Å². The zero-order valence-corrected chi connectivity index (χ0v) is 13.9. The fraction of sp³-hybridized carbons (Fsp3) is 0.278. The van der Waals surface area contributed by atoms with E-state index in [0.29, 0.717) is 10.8 Å². The number of carbonyl (C=O) groups excluding carboxylic acids is 1. The Balaban J connectivity index is 2.21. The molecule has 0 amide bonds. The van der Waals surface area contributed by atoms with Gasteiger partial charge in [-0.05, 0) is 43.7 Å². The topological polar surface area (TPSA) is 61.6 Å². The molecule has 23 heavy (non-hydrogen) atoms. The van der Waals surface area contributed by atoms with E-state index >= 15 is 0 Å². The van der Waals surface area contributed by atoms with Crippen molar-refractivity contribution in [2.75, 3.05) is 0 Å². The van der Waals surface area contributed by atoms with Gasteiger partial charge in [0.1, 0.15) is 17.9 Å². The molecule has 0 heterocycles. The molecule has 0 aliphatic rings. The Morgan fingerprint density at radius 3 is 2.22 bits per heavy atom. The summed E-state index contributed by atoms with van der Waals surface area (Å²) < 4.78 is 11.4. The van der Waals surface area contributed by atoms with E-state index in [4.69, 9.17) is 26.8 Å². The van der Waals surface area contributed by atoms with E-state index in [1.165, 1.54) is 0 Å². The van der Waals surface area contributed by atoms with Crippen LogP contribution in [0.25, 0.3) is 0 Å². The Kier molecular flexibility index (Phi) is 6.02. The SMILES string of the molecule is C[C@H](N)C(=O)O[C@@H](C)[C@H](Oc1ccc(Cl)cc1)c1ccccc1. The molecule has 0 aliphatic carbocycles. The van der Waals surface area contributed by atoms with E-state index in [1.54, 1.807) is 38.1 Å². The number of nitrogens with two attached hydrogens (primary N) is 1. The van der Waals surface area contributed by atoms with E-state index < -0.39 is 24.2 Å². The van der Waals surface area contributed by atoms with Gasteiger partial charge in [-0.15, -0.1) is 0 Å². The zero-order valence-electron chi connectivity index (χ0n) is 13.1. The molecule has 2 rings (SSSR count). The summed E-state index contributed by atoms with van der Waals surface area (Å²) in [7, 11) is 0. The third kappa shape index (κ3) is 4.98. The van der Waals surface area contributed by atoms with Crippen LogP contribution in [0.5, 0.6) is 5.75 Å². The van der Waals surface area contributed by atoms with Crippen molar-refractivity contribution in [1.82, 2.24) is 0 Å². The Labute approximate surface area is 141 Å². The molecule has 0 fully saturated rings. The average Bonchev–Trinajstić information content (AvgIpc) is 2.54. The predicted octanol–water partition coefficient (Wildman–Crippen LogP) is 3.74. The molecule has 2 aromatic carbocycles. The Morgan fingerprint density at radius 1 is 1.04 bits per heavy atom. The third-order valence-electron chi connectivity index (χ3n) is 3.30. The highest BCUT2D eigenvalue weighted by Gasteiger charge is 2.26. The molecule has 122 valence electrons. The zero-order chi connectivity index (χ0) is 16.8. The molecule has 2 N–H and O–H groups in total. The number of halogens is 1. The van der Waals surface area contributed by atoms with Crippen LogP contribution >= 0.6 is 11.6 Å². The van der Waals surface area contributed by atoms with Crippen molar-refractivity contribution in [3.63, 3.8) is 0 Å². The molecule has 0 saturated carbocycles. The third-order valence-corrected chi connectivity index (χ3v) is 3.56. The maximum atomic E-state index is 11.8. The van der Waals surface area contributed by atoms with Crippen molar-refractivity contribution in [3.8, 4) is 5.75 Å². The molecule has 2 aromatic rings. The monoisotopic (exact) mass is 333 g/mol. The van der Waals surface area contributed by atoms with Gasteiger partial charge in [0, 0.05) is 5.02 Å². The molecule has 0 aliphatic heterocycles. The minimum atomic E-state index is -0.676. The maximum Gasteiger partial charge on any atom is 0.323 e. The lowest BCUT2D eigenvalue weighted by molar-refractivity contribution is -0.154. The quantitative estimate of drug-likeness (QED) is 0.818. The van der Waals surface area contributed by atoms with E-state index in [0.717, 1.165) is 5.56 Å². The molecule has 0 saturated heterocycles. The standard InChI is InChI=1S/C18H20ClNO3/c1-12(20)18(21)22-13(2)17(14-6-4-3-5-7-14)23-16-10-8-15(19)9-11-16/h3-13,17H,20H2,1-2H3/t12-,13-,17-/m0/s1. The van der Waals surface area contributed by atoms with Crippen LogP contribution in [0.1, 0.15) is 25.5 Å². The molecule has 0 aromatic heterocycles. The molecule has 5 heteroatoms. The Morgan fingerprint density at radius 2 is 1.65 bits per heavy atom.